The monoisotopic (exact) mass is 246 g/mol. The lowest BCUT2D eigenvalue weighted by Crippen LogP contribution is -2.39. The van der Waals surface area contributed by atoms with E-state index in [1.807, 2.05) is 0 Å². The van der Waals surface area contributed by atoms with Gasteiger partial charge in [-0.25, -0.2) is 13.2 Å². The first-order chi connectivity index (χ1) is 7.82. The average molecular weight is 246 g/mol. The average Bonchev–Trinajstić information content (AvgIpc) is 2.24. The molecule has 0 fully saturated rings. The number of hydrogen-bond acceptors (Lipinski definition) is 2. The van der Waals surface area contributed by atoms with Crippen LogP contribution in [0, 0.1) is 23.4 Å². The van der Waals surface area contributed by atoms with Gasteiger partial charge in [0.1, 0.15) is 0 Å². The Morgan fingerprint density at radius 3 is 2.12 bits per heavy atom. The molecular formula is C11H13F3N2O. The lowest BCUT2D eigenvalue weighted by molar-refractivity contribution is -0.118. The third-order valence-electron chi connectivity index (χ3n) is 2.27. The molecule has 0 aliphatic carbocycles. The van der Waals surface area contributed by atoms with Crippen LogP contribution in [-0.4, -0.2) is 11.9 Å². The molecule has 1 aromatic rings. The topological polar surface area (TPSA) is 55.1 Å². The number of carbonyl (C=O) groups excluding carboxylic acids is 1. The van der Waals surface area contributed by atoms with Gasteiger partial charge in [0.2, 0.25) is 5.91 Å². The molecule has 6 heteroatoms. The van der Waals surface area contributed by atoms with Crippen LogP contribution in [0.5, 0.6) is 0 Å². The fourth-order valence-electron chi connectivity index (χ4n) is 1.16. The summed E-state index contributed by atoms with van der Waals surface area (Å²) in [5.41, 5.74) is 5.38. The van der Waals surface area contributed by atoms with E-state index < -0.39 is 29.4 Å². The minimum atomic E-state index is -1.57. The zero-order valence-corrected chi connectivity index (χ0v) is 9.43. The van der Waals surface area contributed by atoms with E-state index in [0.717, 1.165) is 0 Å². The van der Waals surface area contributed by atoms with E-state index in [2.05, 4.69) is 5.32 Å². The Morgan fingerprint density at radius 2 is 1.71 bits per heavy atom. The predicted molar refractivity (Wildman–Crippen MR) is 57.8 cm³/mol. The summed E-state index contributed by atoms with van der Waals surface area (Å²) < 4.78 is 38.4. The van der Waals surface area contributed by atoms with E-state index in [9.17, 15) is 18.0 Å². The van der Waals surface area contributed by atoms with Gasteiger partial charge in [0.15, 0.2) is 17.5 Å². The van der Waals surface area contributed by atoms with Crippen LogP contribution in [-0.2, 0) is 4.79 Å². The second-order valence-electron chi connectivity index (χ2n) is 4.01. The summed E-state index contributed by atoms with van der Waals surface area (Å²) in [7, 11) is 0. The molecule has 1 unspecified atom stereocenters. The molecule has 0 aliphatic heterocycles. The van der Waals surface area contributed by atoms with Crippen molar-refractivity contribution < 1.29 is 18.0 Å². The van der Waals surface area contributed by atoms with Crippen LogP contribution in [0.25, 0.3) is 0 Å². The summed E-state index contributed by atoms with van der Waals surface area (Å²) in [6, 6.07) is 0.596. The molecule has 0 aliphatic rings. The van der Waals surface area contributed by atoms with Crippen molar-refractivity contribution in [2.75, 3.05) is 5.32 Å². The van der Waals surface area contributed by atoms with Crippen LogP contribution in [0.1, 0.15) is 13.8 Å². The van der Waals surface area contributed by atoms with Crippen LogP contribution < -0.4 is 11.1 Å². The minimum Gasteiger partial charge on any atom is -0.325 e. The first-order valence-electron chi connectivity index (χ1n) is 5.04. The molecule has 0 saturated heterocycles. The normalized spacial score (nSPS) is 12.6. The van der Waals surface area contributed by atoms with Crippen LogP contribution >= 0.6 is 0 Å². The molecule has 3 N–H and O–H groups in total. The van der Waals surface area contributed by atoms with Gasteiger partial charge in [-0.2, -0.15) is 0 Å². The highest BCUT2D eigenvalue weighted by atomic mass is 19.2. The number of carbonyl (C=O) groups is 1. The van der Waals surface area contributed by atoms with E-state index in [0.29, 0.717) is 12.1 Å². The van der Waals surface area contributed by atoms with Crippen molar-refractivity contribution >= 4 is 11.6 Å². The van der Waals surface area contributed by atoms with Crippen molar-refractivity contribution in [2.24, 2.45) is 11.7 Å². The Hall–Kier alpha value is -1.56. The number of halogens is 3. The molecule has 3 nitrogen and oxygen atoms in total. The summed E-state index contributed by atoms with van der Waals surface area (Å²) in [4.78, 5) is 11.5. The quantitative estimate of drug-likeness (QED) is 0.802. The maximum absolute atomic E-state index is 12.9. The van der Waals surface area contributed by atoms with Crippen LogP contribution in [0.3, 0.4) is 0 Å². The molecule has 94 valence electrons. The second kappa shape index (κ2) is 5.18. The van der Waals surface area contributed by atoms with Gasteiger partial charge < -0.3 is 11.1 Å². The van der Waals surface area contributed by atoms with E-state index in [1.54, 1.807) is 13.8 Å². The molecule has 0 bridgehead atoms. The molecule has 0 aromatic heterocycles. The Labute approximate surface area is 96.8 Å². The van der Waals surface area contributed by atoms with E-state index in [1.165, 1.54) is 0 Å². The lowest BCUT2D eigenvalue weighted by atomic mass is 10.0. The zero-order valence-electron chi connectivity index (χ0n) is 9.43. The van der Waals surface area contributed by atoms with Gasteiger partial charge in [-0.05, 0) is 5.92 Å². The Kier molecular flexibility index (Phi) is 4.11. The lowest BCUT2D eigenvalue weighted by Gasteiger charge is -2.15. The molecule has 1 amide bonds. The summed E-state index contributed by atoms with van der Waals surface area (Å²) >= 11 is 0. The van der Waals surface area contributed by atoms with Gasteiger partial charge in [0.05, 0.1) is 6.04 Å². The largest absolute Gasteiger partial charge is 0.325 e. The summed E-state index contributed by atoms with van der Waals surface area (Å²) in [5.74, 6) is -5.00. The summed E-state index contributed by atoms with van der Waals surface area (Å²) in [6.07, 6.45) is 0. The van der Waals surface area contributed by atoms with Gasteiger partial charge in [-0.3, -0.25) is 4.79 Å². The maximum atomic E-state index is 12.9. The molecule has 1 rings (SSSR count). The molecule has 1 aromatic carbocycles. The highest BCUT2D eigenvalue weighted by Gasteiger charge is 2.18. The van der Waals surface area contributed by atoms with E-state index >= 15 is 0 Å². The first-order valence-corrected chi connectivity index (χ1v) is 5.04. The van der Waals surface area contributed by atoms with Crippen LogP contribution in [0.4, 0.5) is 18.9 Å². The fraction of sp³-hybridized carbons (Fsp3) is 0.364. The fourth-order valence-corrected chi connectivity index (χ4v) is 1.16. The number of anilines is 1. The zero-order chi connectivity index (χ0) is 13.2. The van der Waals surface area contributed by atoms with Gasteiger partial charge in [-0.1, -0.05) is 13.8 Å². The van der Waals surface area contributed by atoms with Crippen LogP contribution in [0.15, 0.2) is 12.1 Å². The molecule has 0 heterocycles. The number of nitrogens with one attached hydrogen (secondary N) is 1. The Balaban J connectivity index is 2.86. The minimum absolute atomic E-state index is 0.120. The molecule has 17 heavy (non-hydrogen) atoms. The van der Waals surface area contributed by atoms with Crippen molar-refractivity contribution in [3.63, 3.8) is 0 Å². The number of nitrogens with two attached hydrogens (primary N) is 1. The number of rotatable bonds is 3. The predicted octanol–water partition coefficient (Wildman–Crippen LogP) is 2.03. The smallest absolute Gasteiger partial charge is 0.241 e. The third-order valence-corrected chi connectivity index (χ3v) is 2.27. The Bertz CT molecular complexity index is 412. The van der Waals surface area contributed by atoms with E-state index in [4.69, 9.17) is 5.73 Å². The summed E-state index contributed by atoms with van der Waals surface area (Å²) in [5, 5.41) is 2.22. The molecule has 0 spiro atoms. The van der Waals surface area contributed by atoms with Gasteiger partial charge in [-0.15, -0.1) is 0 Å². The van der Waals surface area contributed by atoms with E-state index in [-0.39, 0.29) is 11.6 Å². The van der Waals surface area contributed by atoms with Crippen molar-refractivity contribution in [1.82, 2.24) is 0 Å². The SMILES string of the molecule is CC(C)C(N)C(=O)Nc1cc(F)c(F)c(F)c1. The number of benzene rings is 1. The number of hydrogen-bond donors (Lipinski definition) is 2. The highest BCUT2D eigenvalue weighted by Crippen LogP contribution is 2.17. The molecular weight excluding hydrogens is 233 g/mol. The van der Waals surface area contributed by atoms with Crippen molar-refractivity contribution in [3.05, 3.63) is 29.6 Å². The molecule has 1 atom stereocenters. The van der Waals surface area contributed by atoms with Crippen LogP contribution in [0.2, 0.25) is 0 Å². The van der Waals surface area contributed by atoms with Gasteiger partial charge in [0, 0.05) is 17.8 Å². The maximum Gasteiger partial charge on any atom is 0.241 e. The summed E-state index contributed by atoms with van der Waals surface area (Å²) in [6.45, 7) is 3.46. The Morgan fingerprint density at radius 1 is 1.24 bits per heavy atom. The second-order valence-corrected chi connectivity index (χ2v) is 4.01. The molecule has 0 saturated carbocycles. The van der Waals surface area contributed by atoms with Crippen molar-refractivity contribution in [2.45, 2.75) is 19.9 Å². The standard InChI is InChI=1S/C11H13F3N2O/c1-5(2)10(15)11(17)16-6-3-7(12)9(14)8(13)4-6/h3-5,10H,15H2,1-2H3,(H,16,17). The highest BCUT2D eigenvalue weighted by molar-refractivity contribution is 5.94. The third kappa shape index (κ3) is 3.20. The van der Waals surface area contributed by atoms with Crippen molar-refractivity contribution in [1.29, 1.82) is 0 Å². The molecule has 0 radical (unpaired) electrons. The number of amides is 1. The van der Waals surface area contributed by atoms with Gasteiger partial charge in [0.25, 0.3) is 0 Å². The first kappa shape index (κ1) is 13.5. The van der Waals surface area contributed by atoms with Crippen molar-refractivity contribution in [3.8, 4) is 0 Å². The van der Waals surface area contributed by atoms with Gasteiger partial charge >= 0.3 is 0 Å².